The molecule has 0 N–H and O–H groups in total. The van der Waals surface area contributed by atoms with Crippen LogP contribution in [0.5, 0.6) is 0 Å². The van der Waals surface area contributed by atoms with Gasteiger partial charge in [-0.2, -0.15) is 9.67 Å². The zero-order valence-electron chi connectivity index (χ0n) is 12.5. The van der Waals surface area contributed by atoms with Crippen molar-refractivity contribution in [3.63, 3.8) is 0 Å². The Labute approximate surface area is 135 Å². The van der Waals surface area contributed by atoms with Crippen molar-refractivity contribution >= 4 is 11.0 Å². The van der Waals surface area contributed by atoms with Crippen LogP contribution in [0.3, 0.4) is 0 Å². The lowest BCUT2D eigenvalue weighted by atomic mass is 10.0. The second-order valence-corrected chi connectivity index (χ2v) is 5.71. The Morgan fingerprint density at radius 1 is 1.12 bits per heavy atom. The third-order valence-electron chi connectivity index (χ3n) is 4.27. The van der Waals surface area contributed by atoms with Crippen LogP contribution in [-0.2, 0) is 0 Å². The Bertz CT molecular complexity index is 1020. The highest BCUT2D eigenvalue weighted by Gasteiger charge is 2.35. The maximum Gasteiger partial charge on any atom is 0.271 e. The summed E-state index contributed by atoms with van der Waals surface area (Å²) in [4.78, 5) is 8.37. The van der Waals surface area contributed by atoms with Gasteiger partial charge >= 0.3 is 0 Å². The largest absolute Gasteiger partial charge is 0.271 e. The van der Waals surface area contributed by atoms with Crippen LogP contribution in [0.1, 0.15) is 30.0 Å². The van der Waals surface area contributed by atoms with Crippen molar-refractivity contribution < 1.29 is 4.39 Å². The molecule has 4 aromatic rings. The molecule has 3 aromatic heterocycles. The van der Waals surface area contributed by atoms with Gasteiger partial charge in [-0.25, -0.2) is 9.07 Å². The number of hydrogen-bond donors (Lipinski definition) is 0. The van der Waals surface area contributed by atoms with Crippen LogP contribution in [0.15, 0.2) is 48.8 Å². The van der Waals surface area contributed by atoms with Crippen LogP contribution in [0.4, 0.5) is 4.39 Å². The molecule has 0 spiro atoms. The van der Waals surface area contributed by atoms with Crippen LogP contribution in [0.2, 0.25) is 0 Å². The summed E-state index contributed by atoms with van der Waals surface area (Å²) in [7, 11) is 0. The van der Waals surface area contributed by atoms with Crippen LogP contribution in [-0.4, -0.2) is 34.7 Å². The number of nitrogens with zero attached hydrogens (tertiary/aromatic N) is 7. The molecule has 2 atom stereocenters. The van der Waals surface area contributed by atoms with Gasteiger partial charge in [0.05, 0.1) is 12.2 Å². The molecule has 118 valence electrons. The maximum atomic E-state index is 14.4. The normalized spacial score (nSPS) is 19.7. The highest BCUT2D eigenvalue weighted by atomic mass is 19.1. The summed E-state index contributed by atoms with van der Waals surface area (Å²) in [5.74, 6) is 0.651. The highest BCUT2D eigenvalue weighted by molar-refractivity contribution is 5.73. The molecule has 0 saturated carbocycles. The fourth-order valence-corrected chi connectivity index (χ4v) is 3.13. The summed E-state index contributed by atoms with van der Waals surface area (Å²) in [6, 6.07) is 11.4. The van der Waals surface area contributed by atoms with E-state index in [9.17, 15) is 4.39 Å². The third kappa shape index (κ3) is 1.86. The van der Waals surface area contributed by atoms with Crippen LogP contribution in [0.25, 0.3) is 17.0 Å². The number of rotatable bonds is 2. The minimum Gasteiger partial charge on any atom is -0.262 e. The van der Waals surface area contributed by atoms with Crippen molar-refractivity contribution in [1.29, 1.82) is 0 Å². The van der Waals surface area contributed by atoms with Crippen molar-refractivity contribution in [1.82, 2.24) is 34.7 Å². The first-order valence-electron chi connectivity index (χ1n) is 7.62. The van der Waals surface area contributed by atoms with E-state index in [4.69, 9.17) is 0 Å². The van der Waals surface area contributed by atoms with Gasteiger partial charge < -0.3 is 0 Å². The average Bonchev–Trinajstić information content (AvgIpc) is 3.30. The molecule has 0 radical (unpaired) electrons. The van der Waals surface area contributed by atoms with E-state index in [1.807, 2.05) is 30.3 Å². The number of fused-ring (bicyclic) bond motifs is 2. The molecule has 1 aliphatic rings. The van der Waals surface area contributed by atoms with Crippen LogP contribution in [0, 0.1) is 0 Å². The topological polar surface area (TPSA) is 74.3 Å². The van der Waals surface area contributed by atoms with E-state index in [0.717, 1.165) is 11.1 Å². The molecule has 0 fully saturated rings. The fourth-order valence-electron chi connectivity index (χ4n) is 3.13. The minimum absolute atomic E-state index is 0.158. The average molecular weight is 321 g/mol. The standard InChI is InChI=1S/C16H12FN7/c17-11-8-14(10-4-2-1-3-5-10)23-15(11)19-16(21-23)24-13-6-7-18-9-12(13)20-22-24/h1-7,9,11,14H,8H2/t11-,14-/m0/s1. The second kappa shape index (κ2) is 4.92. The van der Waals surface area contributed by atoms with Crippen LogP contribution < -0.4 is 0 Å². The van der Waals surface area contributed by atoms with Gasteiger partial charge in [-0.1, -0.05) is 35.5 Å². The molecular weight excluding hydrogens is 309 g/mol. The van der Waals surface area contributed by atoms with Crippen LogP contribution >= 0.6 is 0 Å². The van der Waals surface area contributed by atoms with E-state index in [-0.39, 0.29) is 6.04 Å². The highest BCUT2D eigenvalue weighted by Crippen LogP contribution is 2.39. The van der Waals surface area contributed by atoms with Gasteiger partial charge in [0.25, 0.3) is 5.95 Å². The number of aromatic nitrogens is 7. The van der Waals surface area contributed by atoms with Gasteiger partial charge in [0.1, 0.15) is 11.0 Å². The molecule has 1 aliphatic heterocycles. The van der Waals surface area contributed by atoms with E-state index in [2.05, 4.69) is 25.4 Å². The molecule has 24 heavy (non-hydrogen) atoms. The summed E-state index contributed by atoms with van der Waals surface area (Å²) in [6.07, 6.45) is 2.47. The summed E-state index contributed by atoms with van der Waals surface area (Å²) in [5.41, 5.74) is 2.40. The number of benzene rings is 1. The van der Waals surface area contributed by atoms with Crippen molar-refractivity contribution in [2.45, 2.75) is 18.6 Å². The lowest BCUT2D eigenvalue weighted by Crippen LogP contribution is -2.08. The molecule has 4 heterocycles. The predicted molar refractivity (Wildman–Crippen MR) is 83.3 cm³/mol. The zero-order chi connectivity index (χ0) is 16.1. The fraction of sp³-hybridized carbons (Fsp3) is 0.188. The summed E-state index contributed by atoms with van der Waals surface area (Å²) in [5, 5.41) is 12.6. The van der Waals surface area contributed by atoms with Crippen molar-refractivity contribution in [3.8, 4) is 5.95 Å². The molecule has 5 rings (SSSR count). The predicted octanol–water partition coefficient (Wildman–Crippen LogP) is 2.41. The van der Waals surface area contributed by atoms with Gasteiger partial charge in [-0.05, 0) is 11.6 Å². The maximum absolute atomic E-state index is 14.4. The second-order valence-electron chi connectivity index (χ2n) is 5.71. The van der Waals surface area contributed by atoms with E-state index in [1.165, 1.54) is 4.68 Å². The van der Waals surface area contributed by atoms with Gasteiger partial charge in [-0.15, -0.1) is 10.2 Å². The summed E-state index contributed by atoms with van der Waals surface area (Å²) < 4.78 is 17.6. The molecule has 8 heteroatoms. The van der Waals surface area contributed by atoms with E-state index >= 15 is 0 Å². The molecule has 0 amide bonds. The van der Waals surface area contributed by atoms with E-state index in [0.29, 0.717) is 23.7 Å². The number of halogens is 1. The van der Waals surface area contributed by atoms with Gasteiger partial charge in [-0.3, -0.25) is 4.98 Å². The Balaban J connectivity index is 1.63. The summed E-state index contributed by atoms with van der Waals surface area (Å²) in [6.45, 7) is 0. The Morgan fingerprint density at radius 3 is 2.88 bits per heavy atom. The first-order chi connectivity index (χ1) is 11.8. The minimum atomic E-state index is -1.15. The molecular formula is C16H12FN7. The Kier molecular flexibility index (Phi) is 2.72. The molecule has 1 aromatic carbocycles. The quantitative estimate of drug-likeness (QED) is 0.567. The molecule has 7 nitrogen and oxygen atoms in total. The number of alkyl halides is 1. The first-order valence-corrected chi connectivity index (χ1v) is 7.62. The molecule has 0 saturated heterocycles. The lowest BCUT2D eigenvalue weighted by molar-refractivity contribution is 0.328. The Hall–Kier alpha value is -3.16. The molecule has 0 aliphatic carbocycles. The third-order valence-corrected chi connectivity index (χ3v) is 4.27. The monoisotopic (exact) mass is 321 g/mol. The summed E-state index contributed by atoms with van der Waals surface area (Å²) >= 11 is 0. The SMILES string of the molecule is F[C@H]1C[C@@H](c2ccccc2)n2nc(-n3nnc4cnccc43)nc21. The van der Waals surface area contributed by atoms with E-state index < -0.39 is 6.17 Å². The zero-order valence-corrected chi connectivity index (χ0v) is 12.5. The van der Waals surface area contributed by atoms with E-state index in [1.54, 1.807) is 23.1 Å². The number of pyridine rings is 1. The first kappa shape index (κ1) is 13.3. The molecule has 0 bridgehead atoms. The smallest absolute Gasteiger partial charge is 0.262 e. The van der Waals surface area contributed by atoms with Crippen molar-refractivity contribution in [3.05, 3.63) is 60.2 Å². The Morgan fingerprint density at radius 2 is 2.00 bits per heavy atom. The number of hydrogen-bond acceptors (Lipinski definition) is 5. The van der Waals surface area contributed by atoms with Crippen molar-refractivity contribution in [2.75, 3.05) is 0 Å². The molecule has 0 unspecified atom stereocenters. The van der Waals surface area contributed by atoms with Gasteiger partial charge in [0.15, 0.2) is 12.0 Å². The van der Waals surface area contributed by atoms with Crippen molar-refractivity contribution in [2.24, 2.45) is 0 Å². The van der Waals surface area contributed by atoms with Gasteiger partial charge in [0.2, 0.25) is 0 Å². The van der Waals surface area contributed by atoms with Gasteiger partial charge in [0, 0.05) is 12.6 Å². The lowest BCUT2D eigenvalue weighted by Gasteiger charge is -2.11.